The molecule has 26 heavy (non-hydrogen) atoms. The van der Waals surface area contributed by atoms with Crippen LogP contribution in [0.15, 0.2) is 48.8 Å². The Bertz CT molecular complexity index is 863. The number of rotatable bonds is 7. The van der Waals surface area contributed by atoms with E-state index in [0.29, 0.717) is 18.7 Å². The van der Waals surface area contributed by atoms with Gasteiger partial charge in [0.15, 0.2) is 0 Å². The average Bonchev–Trinajstić information content (AvgIpc) is 3.07. The van der Waals surface area contributed by atoms with E-state index in [1.54, 1.807) is 19.4 Å². The van der Waals surface area contributed by atoms with E-state index in [0.717, 1.165) is 27.6 Å². The first-order valence-corrected chi connectivity index (χ1v) is 8.97. The second-order valence-corrected chi connectivity index (χ2v) is 6.47. The van der Waals surface area contributed by atoms with Crippen molar-refractivity contribution in [2.45, 2.75) is 20.1 Å². The lowest BCUT2D eigenvalue weighted by Gasteiger charge is -2.09. The minimum Gasteiger partial charge on any atom is -0.489 e. The summed E-state index contributed by atoms with van der Waals surface area (Å²) in [6, 6.07) is 11.5. The Morgan fingerprint density at radius 3 is 2.69 bits per heavy atom. The SMILES string of the molecule is CNc1snc(C)c1C(=O)NCc1ccc(OCc2cccnc2)cc1. The molecule has 2 aromatic heterocycles. The Labute approximate surface area is 156 Å². The molecule has 1 aromatic carbocycles. The number of pyridine rings is 1. The number of benzene rings is 1. The number of nitrogens with one attached hydrogen (secondary N) is 2. The molecule has 2 N–H and O–H groups in total. The molecule has 1 amide bonds. The predicted molar refractivity (Wildman–Crippen MR) is 103 cm³/mol. The standard InChI is InChI=1S/C19H20N4O2S/c1-13-17(19(20-2)26-23-13)18(24)22-11-14-5-7-16(8-6-14)25-12-15-4-3-9-21-10-15/h3-10,20H,11-12H2,1-2H3,(H,22,24). The minimum absolute atomic E-state index is 0.127. The van der Waals surface area contributed by atoms with Gasteiger partial charge in [-0.3, -0.25) is 9.78 Å². The van der Waals surface area contributed by atoms with Crippen LogP contribution < -0.4 is 15.4 Å². The first-order valence-electron chi connectivity index (χ1n) is 8.20. The number of carbonyl (C=O) groups excluding carboxylic acids is 1. The third-order valence-electron chi connectivity index (χ3n) is 3.82. The molecule has 0 spiro atoms. The number of aromatic nitrogens is 2. The maximum absolute atomic E-state index is 12.4. The highest BCUT2D eigenvalue weighted by Gasteiger charge is 2.17. The van der Waals surface area contributed by atoms with Crippen LogP contribution in [0, 0.1) is 6.92 Å². The lowest BCUT2D eigenvalue weighted by atomic mass is 10.2. The van der Waals surface area contributed by atoms with E-state index >= 15 is 0 Å². The Kier molecular flexibility index (Phi) is 5.80. The molecule has 7 heteroatoms. The van der Waals surface area contributed by atoms with Crippen molar-refractivity contribution in [3.05, 3.63) is 71.2 Å². The summed E-state index contributed by atoms with van der Waals surface area (Å²) in [5.74, 6) is 0.650. The maximum Gasteiger partial charge on any atom is 0.256 e. The summed E-state index contributed by atoms with van der Waals surface area (Å²) >= 11 is 1.29. The van der Waals surface area contributed by atoms with E-state index in [-0.39, 0.29) is 5.91 Å². The first kappa shape index (κ1) is 17.9. The van der Waals surface area contributed by atoms with Gasteiger partial charge in [0.05, 0.1) is 11.3 Å². The molecule has 2 heterocycles. The van der Waals surface area contributed by atoms with Crippen molar-refractivity contribution in [2.24, 2.45) is 0 Å². The zero-order valence-electron chi connectivity index (χ0n) is 14.7. The van der Waals surface area contributed by atoms with Crippen LogP contribution in [-0.4, -0.2) is 22.3 Å². The lowest BCUT2D eigenvalue weighted by Crippen LogP contribution is -2.23. The molecule has 0 unspecified atom stereocenters. The van der Waals surface area contributed by atoms with Crippen molar-refractivity contribution >= 4 is 22.4 Å². The van der Waals surface area contributed by atoms with Crippen LogP contribution in [0.5, 0.6) is 5.75 Å². The second kappa shape index (κ2) is 8.44. The number of hydrogen-bond donors (Lipinski definition) is 2. The summed E-state index contributed by atoms with van der Waals surface area (Å²) < 4.78 is 9.95. The summed E-state index contributed by atoms with van der Waals surface area (Å²) in [5.41, 5.74) is 3.35. The molecule has 3 aromatic rings. The van der Waals surface area contributed by atoms with Crippen LogP contribution in [0.3, 0.4) is 0 Å². The molecule has 0 fully saturated rings. The van der Waals surface area contributed by atoms with Gasteiger partial charge in [-0.25, -0.2) is 0 Å². The minimum atomic E-state index is -0.127. The van der Waals surface area contributed by atoms with Crippen molar-refractivity contribution in [1.82, 2.24) is 14.7 Å². The zero-order valence-corrected chi connectivity index (χ0v) is 15.5. The smallest absolute Gasteiger partial charge is 0.256 e. The molecule has 0 radical (unpaired) electrons. The molecular formula is C19H20N4O2S. The van der Waals surface area contributed by atoms with Gasteiger partial charge in [0.1, 0.15) is 17.4 Å². The van der Waals surface area contributed by atoms with Gasteiger partial charge in [-0.05, 0) is 42.2 Å². The van der Waals surface area contributed by atoms with E-state index in [2.05, 4.69) is 20.0 Å². The van der Waals surface area contributed by atoms with Crippen LogP contribution >= 0.6 is 11.5 Å². The summed E-state index contributed by atoms with van der Waals surface area (Å²) in [7, 11) is 1.79. The average molecular weight is 368 g/mol. The van der Waals surface area contributed by atoms with Crippen molar-refractivity contribution < 1.29 is 9.53 Å². The quantitative estimate of drug-likeness (QED) is 0.668. The third-order valence-corrected chi connectivity index (χ3v) is 4.78. The molecule has 3 rings (SSSR count). The number of hydrogen-bond acceptors (Lipinski definition) is 6. The summed E-state index contributed by atoms with van der Waals surface area (Å²) in [5, 5.41) is 6.71. The van der Waals surface area contributed by atoms with E-state index in [4.69, 9.17) is 4.74 Å². The molecule has 0 aliphatic carbocycles. The van der Waals surface area contributed by atoms with Crippen LogP contribution in [0.2, 0.25) is 0 Å². The van der Waals surface area contributed by atoms with Gasteiger partial charge >= 0.3 is 0 Å². The molecule has 0 aliphatic heterocycles. The Balaban J connectivity index is 1.54. The van der Waals surface area contributed by atoms with Crippen molar-refractivity contribution in [3.8, 4) is 5.75 Å². The first-order chi connectivity index (χ1) is 12.7. The van der Waals surface area contributed by atoms with Crippen molar-refractivity contribution in [3.63, 3.8) is 0 Å². The second-order valence-electron chi connectivity index (χ2n) is 5.70. The largest absolute Gasteiger partial charge is 0.489 e. The molecule has 0 atom stereocenters. The topological polar surface area (TPSA) is 76.1 Å². The molecule has 134 valence electrons. The van der Waals surface area contributed by atoms with Gasteiger partial charge in [0, 0.05) is 31.5 Å². The van der Waals surface area contributed by atoms with Crippen molar-refractivity contribution in [2.75, 3.05) is 12.4 Å². The van der Waals surface area contributed by atoms with Gasteiger partial charge < -0.3 is 15.4 Å². The summed E-state index contributed by atoms with van der Waals surface area (Å²) in [6.07, 6.45) is 3.52. The van der Waals surface area contributed by atoms with E-state index < -0.39 is 0 Å². The van der Waals surface area contributed by atoms with Gasteiger partial charge in [-0.15, -0.1) is 0 Å². The lowest BCUT2D eigenvalue weighted by molar-refractivity contribution is 0.0951. The third kappa shape index (κ3) is 4.37. The molecule has 0 bridgehead atoms. The van der Waals surface area contributed by atoms with E-state index in [1.807, 2.05) is 43.3 Å². The van der Waals surface area contributed by atoms with Gasteiger partial charge in [0.2, 0.25) is 0 Å². The highest BCUT2D eigenvalue weighted by Crippen LogP contribution is 2.23. The highest BCUT2D eigenvalue weighted by atomic mass is 32.1. The molecule has 0 saturated heterocycles. The summed E-state index contributed by atoms with van der Waals surface area (Å²) in [6.45, 7) is 2.75. The number of anilines is 1. The molecule has 0 saturated carbocycles. The van der Waals surface area contributed by atoms with Crippen LogP contribution in [0.4, 0.5) is 5.00 Å². The van der Waals surface area contributed by atoms with Crippen LogP contribution in [-0.2, 0) is 13.2 Å². The molecule has 0 aliphatic rings. The number of carbonyl (C=O) groups is 1. The van der Waals surface area contributed by atoms with E-state index in [9.17, 15) is 4.79 Å². The van der Waals surface area contributed by atoms with Crippen molar-refractivity contribution in [1.29, 1.82) is 0 Å². The maximum atomic E-state index is 12.4. The molecular weight excluding hydrogens is 348 g/mol. The Morgan fingerprint density at radius 2 is 2.00 bits per heavy atom. The fourth-order valence-electron chi connectivity index (χ4n) is 2.43. The number of aryl methyl sites for hydroxylation is 1. The fraction of sp³-hybridized carbons (Fsp3) is 0.211. The molecule has 6 nitrogen and oxygen atoms in total. The number of ether oxygens (including phenoxy) is 1. The number of amides is 1. The van der Waals surface area contributed by atoms with Gasteiger partial charge in [-0.2, -0.15) is 4.37 Å². The summed E-state index contributed by atoms with van der Waals surface area (Å²) in [4.78, 5) is 16.5. The Morgan fingerprint density at radius 1 is 1.19 bits per heavy atom. The highest BCUT2D eigenvalue weighted by molar-refractivity contribution is 7.10. The van der Waals surface area contributed by atoms with E-state index in [1.165, 1.54) is 11.5 Å². The normalized spacial score (nSPS) is 10.4. The Hall–Kier alpha value is -2.93. The predicted octanol–water partition coefficient (Wildman–Crippen LogP) is 3.40. The fourth-order valence-corrected chi connectivity index (χ4v) is 3.17. The monoisotopic (exact) mass is 368 g/mol. The van der Waals surface area contributed by atoms with Gasteiger partial charge in [-0.1, -0.05) is 18.2 Å². The van der Waals surface area contributed by atoms with Crippen LogP contribution in [0.25, 0.3) is 0 Å². The zero-order chi connectivity index (χ0) is 18.4. The number of nitrogens with zero attached hydrogens (tertiary/aromatic N) is 2. The van der Waals surface area contributed by atoms with Crippen LogP contribution in [0.1, 0.15) is 27.2 Å². The van der Waals surface area contributed by atoms with Gasteiger partial charge in [0.25, 0.3) is 5.91 Å².